The van der Waals surface area contributed by atoms with Crippen LogP contribution in [-0.4, -0.2) is 95.9 Å². The monoisotopic (exact) mass is 1560 g/mol. The molecule has 0 aliphatic heterocycles. The maximum Gasteiger partial charge on any atom is 0.472 e. The second-order valence-corrected chi connectivity index (χ2v) is 30.8. The van der Waals surface area contributed by atoms with Crippen LogP contribution in [0, 0.1) is 0 Å². The molecule has 109 heavy (non-hydrogen) atoms. The summed E-state index contributed by atoms with van der Waals surface area (Å²) >= 11 is 0. The van der Waals surface area contributed by atoms with Gasteiger partial charge in [0.25, 0.3) is 0 Å². The number of rotatable bonds is 79. The average molecular weight is 1560 g/mol. The van der Waals surface area contributed by atoms with E-state index in [1.54, 1.807) is 0 Å². The minimum Gasteiger partial charge on any atom is -0.463 e. The van der Waals surface area contributed by atoms with Gasteiger partial charge in [0.2, 0.25) is 0 Å². The van der Waals surface area contributed by atoms with Gasteiger partial charge >= 0.3 is 33.6 Å². The third-order valence-corrected chi connectivity index (χ3v) is 19.3. The number of carbonyl (C=O) groups excluding carboxylic acids is 3. The van der Waals surface area contributed by atoms with Gasteiger partial charge in [0.05, 0.1) is 26.4 Å². The molecule has 0 aromatic rings. The first-order valence-electron chi connectivity index (χ1n) is 42.4. The zero-order valence-corrected chi connectivity index (χ0v) is 70.0. The molecule has 0 aromatic heterocycles. The highest BCUT2D eigenvalue weighted by molar-refractivity contribution is 7.47. The van der Waals surface area contributed by atoms with E-state index in [0.717, 1.165) is 186 Å². The van der Waals surface area contributed by atoms with Crippen molar-refractivity contribution in [3.8, 4) is 0 Å². The number of unbranched alkanes of at least 4 members (excludes halogenated alkanes) is 28. The molecule has 0 radical (unpaired) electrons. The maximum absolute atomic E-state index is 13.0. The van der Waals surface area contributed by atoms with Crippen molar-refractivity contribution in [2.75, 3.05) is 39.6 Å². The number of ether oxygens (including phenoxy) is 3. The van der Waals surface area contributed by atoms with Crippen molar-refractivity contribution >= 4 is 33.6 Å². The van der Waals surface area contributed by atoms with Crippen LogP contribution in [0.3, 0.4) is 0 Å². The summed E-state index contributed by atoms with van der Waals surface area (Å²) in [6, 6.07) is 0. The normalized spacial score (nSPS) is 14.7. The summed E-state index contributed by atoms with van der Waals surface area (Å²) in [7, 11) is -9.81. The lowest BCUT2D eigenvalue weighted by Crippen LogP contribution is -2.30. The van der Waals surface area contributed by atoms with Crippen LogP contribution >= 0.6 is 15.6 Å². The molecule has 16 nitrogen and oxygen atoms in total. The Morgan fingerprint density at radius 1 is 0.266 bits per heavy atom. The van der Waals surface area contributed by atoms with Gasteiger partial charge in [0, 0.05) is 19.3 Å². The maximum atomic E-state index is 13.0. The Bertz CT molecular complexity index is 2660. The van der Waals surface area contributed by atoms with Gasteiger partial charge in [0.1, 0.15) is 25.4 Å². The minimum atomic E-state index is -4.94. The highest BCUT2D eigenvalue weighted by atomic mass is 31.2. The second kappa shape index (κ2) is 82.4. The molecule has 0 saturated carbocycles. The van der Waals surface area contributed by atoms with Gasteiger partial charge in [-0.3, -0.25) is 32.5 Å². The van der Waals surface area contributed by atoms with E-state index in [0.29, 0.717) is 19.3 Å². The number of hydrogen-bond donors (Lipinski definition) is 4. The molecule has 5 atom stereocenters. The van der Waals surface area contributed by atoms with Crippen molar-refractivity contribution in [3.05, 3.63) is 170 Å². The van der Waals surface area contributed by atoms with Crippen LogP contribution in [0.25, 0.3) is 0 Å². The van der Waals surface area contributed by atoms with Gasteiger partial charge < -0.3 is 34.2 Å². The van der Waals surface area contributed by atoms with Crippen molar-refractivity contribution in [1.82, 2.24) is 0 Å². The lowest BCUT2D eigenvalue weighted by atomic mass is 10.0. The Labute approximate surface area is 662 Å². The van der Waals surface area contributed by atoms with Crippen LogP contribution < -0.4 is 0 Å². The highest BCUT2D eigenvalue weighted by Crippen LogP contribution is 2.45. The lowest BCUT2D eigenvalue weighted by molar-refractivity contribution is -0.161. The van der Waals surface area contributed by atoms with Gasteiger partial charge in [-0.2, -0.15) is 0 Å². The van der Waals surface area contributed by atoms with E-state index >= 15 is 0 Å². The van der Waals surface area contributed by atoms with Crippen LogP contribution in [0.15, 0.2) is 170 Å². The molecule has 0 spiro atoms. The molecule has 0 aliphatic carbocycles. The fourth-order valence-corrected chi connectivity index (χ4v) is 12.6. The summed E-state index contributed by atoms with van der Waals surface area (Å²) in [5.41, 5.74) is 0. The molecule has 0 fully saturated rings. The van der Waals surface area contributed by atoms with Crippen LogP contribution in [0.5, 0.6) is 0 Å². The number of esters is 3. The fraction of sp³-hybridized carbons (Fsp3) is 0.659. The highest BCUT2D eigenvalue weighted by Gasteiger charge is 2.29. The van der Waals surface area contributed by atoms with Crippen molar-refractivity contribution in [1.29, 1.82) is 0 Å². The first kappa shape index (κ1) is 104. The van der Waals surface area contributed by atoms with Crippen LogP contribution in [-0.2, 0) is 55.8 Å². The Morgan fingerprint density at radius 2 is 0.486 bits per heavy atom. The topological polar surface area (TPSA) is 231 Å². The quantitative estimate of drug-likeness (QED) is 0.0146. The van der Waals surface area contributed by atoms with Crippen LogP contribution in [0.4, 0.5) is 0 Å². The van der Waals surface area contributed by atoms with E-state index in [2.05, 4.69) is 191 Å². The molecule has 0 heterocycles. The predicted octanol–water partition coefficient (Wildman–Crippen LogP) is 25.5. The Hall–Kier alpha value is -5.09. The van der Waals surface area contributed by atoms with E-state index in [1.165, 1.54) is 83.5 Å². The van der Waals surface area contributed by atoms with Gasteiger partial charge in [-0.05, 0) is 148 Å². The summed E-state index contributed by atoms with van der Waals surface area (Å²) in [6.45, 7) is 2.36. The zero-order valence-electron chi connectivity index (χ0n) is 68.2. The van der Waals surface area contributed by atoms with E-state index in [9.17, 15) is 43.5 Å². The second-order valence-electron chi connectivity index (χ2n) is 27.9. The summed E-state index contributed by atoms with van der Waals surface area (Å²) < 4.78 is 61.2. The van der Waals surface area contributed by atoms with Crippen molar-refractivity contribution in [2.24, 2.45) is 0 Å². The van der Waals surface area contributed by atoms with Gasteiger partial charge in [0.15, 0.2) is 6.10 Å². The summed E-state index contributed by atoms with van der Waals surface area (Å²) in [5, 5.41) is 20.7. The Kier molecular flexibility index (Phi) is 78.5. The standard InChI is InChI=1S/C91H152O16P2/c1-4-7-10-13-16-19-22-25-27-29-31-33-35-37-38-39-40-41-42-43-44-45-46-48-50-51-53-55-57-60-62-65-68-71-74-77-89(94)101-80-86(92)81-103-108(97,98)104-82-87(93)83-105-109(99,100)106-85-88(107-91(96)79-76-73-70-67-64-59-24-21-18-15-12-9-6-3)84-102-90(95)78-75-72-69-66-63-61-58-56-54-52-49-47-36-34-32-30-28-26-23-20-17-14-11-8-5-2/h7-8,10-12,15-17,19-21,24-28,31-34,37-38,40-41,47,49,54,56,86-88,92-93H,4-6,9,13-14,18,22-23,29-30,35-36,39,42-46,48,50-53,55,57-85H2,1-3H3,(H,97,98)(H,99,100)/b10-7-,11-8-,15-12-,19-16-,20-17-,24-21-,27-25-,28-26-,33-31-,34-32-,38-37-,41-40-,49-47-,56-54-. The SMILES string of the molecule is CC/C=C\C/C=C\C/C=C\C/C=C\C/C=C\C/C=C\CCCCCCCCCCCCCCCCCCC(=O)OCC(O)COP(=O)(O)OCC(O)COP(=O)(O)OCC(COC(=O)CCCCCCCC/C=C\C/C=C\C/C=C\C/C=C\C/C=C\C/C=C\CC)OC(=O)CCCCCCC/C=C\C/C=C\CCC. The number of hydrogen-bond acceptors (Lipinski definition) is 14. The zero-order chi connectivity index (χ0) is 79.4. The number of aliphatic hydroxyl groups excluding tert-OH is 2. The molecule has 0 bridgehead atoms. The van der Waals surface area contributed by atoms with Crippen molar-refractivity contribution in [2.45, 2.75) is 347 Å². The third-order valence-electron chi connectivity index (χ3n) is 17.4. The van der Waals surface area contributed by atoms with E-state index in [1.807, 2.05) is 0 Å². The third kappa shape index (κ3) is 83.7. The summed E-state index contributed by atoms with van der Waals surface area (Å²) in [4.78, 5) is 58.7. The molecule has 5 unspecified atom stereocenters. The summed E-state index contributed by atoms with van der Waals surface area (Å²) in [6.07, 6.45) is 106. The number of allylic oxidation sites excluding steroid dienone is 28. The molecule has 0 aromatic carbocycles. The smallest absolute Gasteiger partial charge is 0.463 e. The van der Waals surface area contributed by atoms with E-state index < -0.39 is 91.5 Å². The predicted molar refractivity (Wildman–Crippen MR) is 454 cm³/mol. The van der Waals surface area contributed by atoms with E-state index in [4.69, 9.17) is 32.3 Å². The molecule has 0 saturated heterocycles. The number of aliphatic hydroxyl groups is 2. The lowest BCUT2D eigenvalue weighted by Gasteiger charge is -2.21. The Morgan fingerprint density at radius 3 is 0.771 bits per heavy atom. The molecule has 4 N–H and O–H groups in total. The first-order valence-corrected chi connectivity index (χ1v) is 45.4. The fourth-order valence-electron chi connectivity index (χ4n) is 11.0. The van der Waals surface area contributed by atoms with Crippen LogP contribution in [0.2, 0.25) is 0 Å². The van der Waals surface area contributed by atoms with E-state index in [-0.39, 0.29) is 19.3 Å². The molecular formula is C91H152O16P2. The molecule has 0 amide bonds. The first-order chi connectivity index (χ1) is 53.2. The van der Waals surface area contributed by atoms with Gasteiger partial charge in [-0.1, -0.05) is 332 Å². The molecule has 622 valence electrons. The van der Waals surface area contributed by atoms with Gasteiger partial charge in [-0.15, -0.1) is 0 Å². The summed E-state index contributed by atoms with van der Waals surface area (Å²) in [5.74, 6) is -1.61. The van der Waals surface area contributed by atoms with Crippen molar-refractivity contribution < 1.29 is 75.8 Å². The molecule has 18 heteroatoms. The number of phosphoric ester groups is 2. The molecular weight excluding hydrogens is 1410 g/mol. The number of phosphoric acid groups is 2. The largest absolute Gasteiger partial charge is 0.472 e. The number of carbonyl (C=O) groups is 3. The van der Waals surface area contributed by atoms with Gasteiger partial charge in [-0.25, -0.2) is 9.13 Å². The molecule has 0 rings (SSSR count). The average Bonchev–Trinajstić information content (AvgIpc) is 0.905. The van der Waals surface area contributed by atoms with Crippen molar-refractivity contribution in [3.63, 3.8) is 0 Å². The minimum absolute atomic E-state index is 0.0804. The molecule has 0 aliphatic rings. The Balaban J connectivity index is 4.43. The van der Waals surface area contributed by atoms with Crippen LogP contribution in [0.1, 0.15) is 329 Å².